The van der Waals surface area contributed by atoms with Crippen LogP contribution >= 0.6 is 0 Å². The lowest BCUT2D eigenvalue weighted by atomic mass is 9.77. The Hall–Kier alpha value is -0.510. The number of rotatable bonds is 10. The van der Waals surface area contributed by atoms with Crippen LogP contribution in [-0.2, 0) is 36.5 Å². The number of carbonyl (C=O) groups excluding carboxylic acids is 1. The van der Waals surface area contributed by atoms with Gasteiger partial charge in [-0.1, -0.05) is 18.2 Å². The molecule has 48 heavy (non-hydrogen) atoms. The van der Waals surface area contributed by atoms with E-state index < -0.39 is 5.60 Å². The van der Waals surface area contributed by atoms with Gasteiger partial charge in [0.05, 0.1) is 90.1 Å². The fourth-order valence-corrected chi connectivity index (χ4v) is 6.27. The molecule has 1 aliphatic heterocycles. The average Bonchev–Trinajstić information content (AvgIpc) is 3.14. The van der Waals surface area contributed by atoms with Crippen LogP contribution in [0.25, 0.3) is 0 Å². The molecule has 3 aromatic carbocycles. The zero-order chi connectivity index (χ0) is 33.0. The minimum absolute atomic E-state index is 0. The number of aromatic hydroxyl groups is 2. The number of hydrogen-bond donors (Lipinski definition) is 2. The van der Waals surface area contributed by atoms with E-state index >= 15 is 0 Å². The number of fused-ring (bicyclic) bond motifs is 1. The van der Waals surface area contributed by atoms with Gasteiger partial charge in [-0.25, -0.2) is 4.79 Å². The molecule has 12 heteroatoms. The van der Waals surface area contributed by atoms with Gasteiger partial charge in [-0.15, -0.1) is 0 Å². The van der Waals surface area contributed by atoms with E-state index in [1.165, 1.54) is 0 Å². The summed E-state index contributed by atoms with van der Waals surface area (Å²) in [4.78, 5) is 13.7. The Balaban J connectivity index is 0.00000552. The summed E-state index contributed by atoms with van der Waals surface area (Å²) in [6, 6.07) is 15.6. The maximum Gasteiger partial charge on any atom is 0.340 e. The van der Waals surface area contributed by atoms with E-state index in [1.54, 1.807) is 0 Å². The molecule has 270 valence electrons. The molecule has 0 aliphatic carbocycles. The Kier molecular flexibility index (Phi) is 16.7. The monoisotopic (exact) mass is 1110 g/mol. The lowest BCUT2D eigenvalue weighted by Crippen LogP contribution is -3.00. The highest BCUT2D eigenvalue weighted by Crippen LogP contribution is 2.50. The molecule has 0 amide bonds. The van der Waals surface area contributed by atoms with E-state index in [4.69, 9.17) is 4.74 Å². The number of esters is 1. The number of phenolic OH excluding ortho intramolecular Hbond substituents is 2. The molecular weight excluding hydrogens is 1060 g/mol. The summed E-state index contributed by atoms with van der Waals surface area (Å²) in [5.74, 6) is 0.180. The molecule has 3 aromatic rings. The smallest absolute Gasteiger partial charge is 0.340 e. The van der Waals surface area contributed by atoms with Gasteiger partial charge in [0, 0.05) is 38.9 Å². The summed E-state index contributed by atoms with van der Waals surface area (Å²) in [6.07, 6.45) is 0. The van der Waals surface area contributed by atoms with Crippen molar-refractivity contribution in [2.45, 2.75) is 31.8 Å². The van der Waals surface area contributed by atoms with Crippen LogP contribution in [0, 0.1) is 0 Å². The van der Waals surface area contributed by atoms with Crippen molar-refractivity contribution < 1.29 is 134 Å². The van der Waals surface area contributed by atoms with E-state index in [0.717, 1.165) is 38.9 Å². The highest BCUT2D eigenvalue weighted by molar-refractivity contribution is 5.96. The summed E-state index contributed by atoms with van der Waals surface area (Å²) < 4.78 is 9.05. The van der Waals surface area contributed by atoms with Crippen LogP contribution < -0.4 is 95.9 Å². The Morgan fingerprint density at radius 2 is 0.833 bits per heavy atom. The van der Waals surface area contributed by atoms with Crippen molar-refractivity contribution in [1.82, 2.24) is 0 Å². The Bertz CT molecular complexity index is 1430. The topological polar surface area (TPSA) is 66.8 Å². The molecule has 0 bridgehead atoms. The van der Waals surface area contributed by atoms with Crippen molar-refractivity contribution in [3.63, 3.8) is 0 Å². The van der Waals surface area contributed by atoms with Crippen molar-refractivity contribution in [2.24, 2.45) is 0 Å². The second-order valence-electron chi connectivity index (χ2n) is 16.7. The zero-order valence-corrected chi connectivity index (χ0v) is 39.1. The SMILES string of the molecule is C[N+](C)(C)Cc1cc(C2(c3cc(C[N+](C)(C)C)c(O)c(C[N+](C)(C)C)c3)OC(=O)c3ccccc32)cc(C[N+](C)(C)C)c1O.[I-].[I-].[I-].[I-]. The third-order valence-corrected chi connectivity index (χ3v) is 7.70. The number of nitrogens with zero attached hydrogens (tertiary/aromatic N) is 4. The second kappa shape index (κ2) is 16.9. The lowest BCUT2D eigenvalue weighted by Gasteiger charge is -2.34. The number of quaternary nitrogens is 4. The Labute approximate surface area is 356 Å². The van der Waals surface area contributed by atoms with Gasteiger partial charge in [0.2, 0.25) is 0 Å². The summed E-state index contributed by atoms with van der Waals surface area (Å²) in [6.45, 7) is 2.35. The van der Waals surface area contributed by atoms with E-state index in [-0.39, 0.29) is 113 Å². The lowest BCUT2D eigenvalue weighted by molar-refractivity contribution is -0.884. The first-order chi connectivity index (χ1) is 20.0. The first kappa shape index (κ1) is 47.5. The molecule has 0 saturated carbocycles. The molecule has 0 saturated heterocycles. The molecule has 2 N–H and O–H groups in total. The maximum absolute atomic E-state index is 13.7. The van der Waals surface area contributed by atoms with Crippen LogP contribution in [0.4, 0.5) is 0 Å². The first-order valence-corrected chi connectivity index (χ1v) is 15.2. The highest BCUT2D eigenvalue weighted by atomic mass is 127. The summed E-state index contributed by atoms with van der Waals surface area (Å²) in [5.41, 5.74) is 4.80. The van der Waals surface area contributed by atoms with Crippen LogP contribution in [0.2, 0.25) is 0 Å². The van der Waals surface area contributed by atoms with Gasteiger partial charge in [-0.2, -0.15) is 0 Å². The zero-order valence-electron chi connectivity index (χ0n) is 30.5. The van der Waals surface area contributed by atoms with E-state index in [9.17, 15) is 15.0 Å². The van der Waals surface area contributed by atoms with E-state index in [1.807, 2.05) is 48.5 Å². The molecular formula is C36H54I4N4O4. The molecule has 1 aliphatic rings. The quantitative estimate of drug-likeness (QED) is 0.121. The van der Waals surface area contributed by atoms with Gasteiger partial charge in [0.15, 0.2) is 5.60 Å². The van der Waals surface area contributed by atoms with Crippen molar-refractivity contribution in [3.05, 3.63) is 93.0 Å². The molecule has 0 atom stereocenters. The average molecular weight is 1110 g/mol. The largest absolute Gasteiger partial charge is 1.00 e. The van der Waals surface area contributed by atoms with Crippen molar-refractivity contribution in [2.75, 3.05) is 84.6 Å². The van der Waals surface area contributed by atoms with E-state index in [0.29, 0.717) is 49.7 Å². The summed E-state index contributed by atoms with van der Waals surface area (Å²) >= 11 is 0. The number of phenols is 2. The van der Waals surface area contributed by atoms with Crippen LogP contribution in [0.15, 0.2) is 48.5 Å². The van der Waals surface area contributed by atoms with Crippen LogP contribution in [-0.4, -0.2) is 119 Å². The number of benzene rings is 3. The van der Waals surface area contributed by atoms with E-state index in [2.05, 4.69) is 84.6 Å². The molecule has 1 heterocycles. The minimum atomic E-state index is -1.27. The van der Waals surface area contributed by atoms with Gasteiger partial charge in [-0.05, 0) is 30.3 Å². The number of ether oxygens (including phenoxy) is 1. The Morgan fingerprint density at radius 3 is 1.12 bits per heavy atom. The molecule has 0 aromatic heterocycles. The predicted octanol–water partition coefficient (Wildman–Crippen LogP) is -7.60. The molecule has 0 radical (unpaired) electrons. The number of carbonyl (C=O) groups is 1. The van der Waals surface area contributed by atoms with Gasteiger partial charge < -0.3 is 129 Å². The second-order valence-corrected chi connectivity index (χ2v) is 16.7. The van der Waals surface area contributed by atoms with Crippen LogP contribution in [0.5, 0.6) is 11.5 Å². The number of halogens is 4. The fourth-order valence-electron chi connectivity index (χ4n) is 6.27. The van der Waals surface area contributed by atoms with Gasteiger partial charge >= 0.3 is 5.97 Å². The number of cyclic esters (lactones) is 1. The fraction of sp³-hybridized carbons (Fsp3) is 0.472. The predicted molar refractivity (Wildman–Crippen MR) is 175 cm³/mol. The van der Waals surface area contributed by atoms with Crippen molar-refractivity contribution in [1.29, 1.82) is 0 Å². The first-order valence-electron chi connectivity index (χ1n) is 15.2. The molecule has 0 unspecified atom stereocenters. The standard InChI is InChI=1S/C36H52N4O4.4HI/c1-37(2,3)21-25-17-29(18-26(33(25)41)22-38(4,5)6)36(32-16-14-13-15-31(32)35(43)44-36)30-19-27(23-39(7,8)9)34(42)28(20-30)24-40(10,11)12;;;;/h13-20H,21-24H2,1-12H3;4*1H/q+2;;;;/p-2. The summed E-state index contributed by atoms with van der Waals surface area (Å²) in [5, 5.41) is 23.2. The maximum atomic E-state index is 13.7. The van der Waals surface area contributed by atoms with Crippen molar-refractivity contribution in [3.8, 4) is 11.5 Å². The molecule has 8 nitrogen and oxygen atoms in total. The third kappa shape index (κ3) is 11.2. The Morgan fingerprint density at radius 1 is 0.542 bits per heavy atom. The van der Waals surface area contributed by atoms with Gasteiger partial charge in [-0.3, -0.25) is 0 Å². The number of hydrogen-bond acceptors (Lipinski definition) is 4. The molecule has 0 fully saturated rings. The molecule has 4 rings (SSSR count). The highest BCUT2D eigenvalue weighted by Gasteiger charge is 2.50. The minimum Gasteiger partial charge on any atom is -1.00 e. The van der Waals surface area contributed by atoms with Crippen LogP contribution in [0.3, 0.4) is 0 Å². The van der Waals surface area contributed by atoms with Gasteiger partial charge in [0.1, 0.15) is 37.7 Å². The van der Waals surface area contributed by atoms with Crippen LogP contribution in [0.1, 0.15) is 49.3 Å². The van der Waals surface area contributed by atoms with Crippen molar-refractivity contribution >= 4 is 5.97 Å². The van der Waals surface area contributed by atoms with Gasteiger partial charge in [0.25, 0.3) is 0 Å². The molecule has 0 spiro atoms. The summed E-state index contributed by atoms with van der Waals surface area (Å²) in [7, 11) is 25.2. The third-order valence-electron chi connectivity index (χ3n) is 7.70. The normalized spacial score (nSPS) is 14.0.